The molecule has 0 N–H and O–H groups in total. The van der Waals surface area contributed by atoms with E-state index in [2.05, 4.69) is 29.0 Å². The summed E-state index contributed by atoms with van der Waals surface area (Å²) in [5, 5.41) is 0. The van der Waals surface area contributed by atoms with Crippen molar-refractivity contribution in [1.29, 1.82) is 0 Å². The van der Waals surface area contributed by atoms with Crippen LogP contribution in [0.15, 0.2) is 30.3 Å². The maximum Gasteiger partial charge on any atom is 0.500 e. The van der Waals surface area contributed by atoms with E-state index in [9.17, 15) is 4.79 Å². The van der Waals surface area contributed by atoms with Crippen LogP contribution in [0.1, 0.15) is 82.8 Å². The Balaban J connectivity index is 1.73. The largest absolute Gasteiger partial charge is 0.500 e. The van der Waals surface area contributed by atoms with Gasteiger partial charge in [-0.1, -0.05) is 37.1 Å². The number of carbonyl (C=O) groups is 1. The zero-order valence-electron chi connectivity index (χ0n) is 20.4. The Labute approximate surface area is 195 Å². The molecular weight excluding hydrogens is 420 g/mol. The minimum atomic E-state index is -2.49. The summed E-state index contributed by atoms with van der Waals surface area (Å²) in [6, 6.07) is 9.52. The van der Waals surface area contributed by atoms with Crippen LogP contribution in [0.5, 0.6) is 0 Å². The van der Waals surface area contributed by atoms with Gasteiger partial charge in [0.1, 0.15) is 0 Å². The molecule has 0 amide bonds. The second kappa shape index (κ2) is 14.6. The summed E-state index contributed by atoms with van der Waals surface area (Å²) >= 11 is 0. The fourth-order valence-corrected chi connectivity index (χ4v) is 7.36. The van der Waals surface area contributed by atoms with E-state index in [0.717, 1.165) is 23.9 Å². The van der Waals surface area contributed by atoms with Crippen molar-refractivity contribution in [3.63, 3.8) is 0 Å². The highest BCUT2D eigenvalue weighted by Gasteiger charge is 2.39. The van der Waals surface area contributed by atoms with Gasteiger partial charge in [0.2, 0.25) is 0 Å². The first-order chi connectivity index (χ1) is 15.6. The molecular formula is C26H42O5Si. The third-order valence-electron chi connectivity index (χ3n) is 6.31. The number of benzene rings is 1. The van der Waals surface area contributed by atoms with Crippen molar-refractivity contribution in [2.24, 2.45) is 5.92 Å². The Hall–Kier alpha value is -1.47. The summed E-state index contributed by atoms with van der Waals surface area (Å²) < 4.78 is 22.6. The first-order valence-electron chi connectivity index (χ1n) is 12.3. The normalized spacial score (nSPS) is 19.4. The molecule has 0 unspecified atom stereocenters. The molecule has 1 aromatic carbocycles. The maximum absolute atomic E-state index is 11.2. The van der Waals surface area contributed by atoms with Gasteiger partial charge >= 0.3 is 14.8 Å². The van der Waals surface area contributed by atoms with E-state index in [1.165, 1.54) is 57.3 Å². The lowest BCUT2D eigenvalue weighted by molar-refractivity contribution is -0.134. The third kappa shape index (κ3) is 8.81. The van der Waals surface area contributed by atoms with Crippen LogP contribution >= 0.6 is 0 Å². The van der Waals surface area contributed by atoms with Crippen molar-refractivity contribution in [3.05, 3.63) is 41.5 Å². The SMILES string of the molecule is CCO[Si](CCCC[C@H]1CC[C@H](c2ccc(C=CC(=O)OC)cc2)CC1)(OCC)OCC. The molecule has 0 heterocycles. The molecule has 0 atom stereocenters. The summed E-state index contributed by atoms with van der Waals surface area (Å²) in [5.41, 5.74) is 2.44. The van der Waals surface area contributed by atoms with Crippen LogP contribution < -0.4 is 0 Å². The van der Waals surface area contributed by atoms with Crippen molar-refractivity contribution in [1.82, 2.24) is 0 Å². The Morgan fingerprint density at radius 2 is 1.53 bits per heavy atom. The van der Waals surface area contributed by atoms with Crippen LogP contribution in [0, 0.1) is 5.92 Å². The topological polar surface area (TPSA) is 54.0 Å². The lowest BCUT2D eigenvalue weighted by Gasteiger charge is -2.30. The van der Waals surface area contributed by atoms with E-state index in [1.54, 1.807) is 6.08 Å². The molecule has 5 nitrogen and oxygen atoms in total. The minimum Gasteiger partial charge on any atom is -0.466 e. The predicted octanol–water partition coefficient (Wildman–Crippen LogP) is 6.37. The highest BCUT2D eigenvalue weighted by Crippen LogP contribution is 2.38. The molecule has 2 rings (SSSR count). The van der Waals surface area contributed by atoms with Gasteiger partial charge in [-0.3, -0.25) is 0 Å². The molecule has 1 saturated carbocycles. The van der Waals surface area contributed by atoms with Crippen molar-refractivity contribution in [2.45, 2.75) is 77.7 Å². The molecule has 0 bridgehead atoms. The first-order valence-corrected chi connectivity index (χ1v) is 14.3. The van der Waals surface area contributed by atoms with Crippen molar-refractivity contribution >= 4 is 20.8 Å². The molecule has 1 aliphatic carbocycles. The predicted molar refractivity (Wildman–Crippen MR) is 131 cm³/mol. The number of rotatable bonds is 14. The molecule has 0 aliphatic heterocycles. The van der Waals surface area contributed by atoms with E-state index < -0.39 is 8.80 Å². The number of unbranched alkanes of at least 4 members (excludes halogenated alkanes) is 1. The Bertz CT molecular complexity index is 663. The molecule has 1 aromatic rings. The quantitative estimate of drug-likeness (QED) is 0.139. The van der Waals surface area contributed by atoms with Crippen LogP contribution in [0.3, 0.4) is 0 Å². The molecule has 0 aromatic heterocycles. The Kier molecular flexibility index (Phi) is 12.2. The standard InChI is InChI=1S/C26H42O5Si/c1-5-29-32(30-6-2,31-7-3)21-9-8-10-22-11-16-24(17-12-22)25-18-13-23(14-19-25)15-20-26(27)28-4/h13-15,18-20,22,24H,5-12,16-17,21H2,1-4H3/t22-,24-. The summed E-state index contributed by atoms with van der Waals surface area (Å²) in [6.07, 6.45) is 12.0. The average molecular weight is 463 g/mol. The van der Waals surface area contributed by atoms with Gasteiger partial charge in [-0.25, -0.2) is 4.79 Å². The van der Waals surface area contributed by atoms with Crippen molar-refractivity contribution in [3.8, 4) is 0 Å². The van der Waals surface area contributed by atoms with Gasteiger partial charge in [0.15, 0.2) is 0 Å². The van der Waals surface area contributed by atoms with Gasteiger partial charge in [0.05, 0.1) is 7.11 Å². The number of methoxy groups -OCH3 is 1. The Morgan fingerprint density at radius 1 is 0.938 bits per heavy atom. The van der Waals surface area contributed by atoms with Crippen molar-refractivity contribution < 1.29 is 22.8 Å². The molecule has 180 valence electrons. The molecule has 32 heavy (non-hydrogen) atoms. The van der Waals surface area contributed by atoms with Crippen LogP contribution in [-0.2, 0) is 22.8 Å². The minimum absolute atomic E-state index is 0.325. The number of esters is 1. The van der Waals surface area contributed by atoms with E-state index >= 15 is 0 Å². The van der Waals surface area contributed by atoms with Gasteiger partial charge in [0.25, 0.3) is 0 Å². The molecule has 1 aliphatic rings. The van der Waals surface area contributed by atoms with Gasteiger partial charge in [-0.05, 0) is 81.9 Å². The number of carbonyl (C=O) groups excluding carboxylic acids is 1. The van der Waals surface area contributed by atoms with E-state index in [-0.39, 0.29) is 5.97 Å². The van der Waals surface area contributed by atoms with Crippen LogP contribution in [0.25, 0.3) is 6.08 Å². The molecule has 0 spiro atoms. The summed E-state index contributed by atoms with van der Waals surface area (Å²) in [5.74, 6) is 1.16. The van der Waals surface area contributed by atoms with Crippen LogP contribution in [-0.4, -0.2) is 41.7 Å². The average Bonchev–Trinajstić information content (AvgIpc) is 2.81. The summed E-state index contributed by atoms with van der Waals surface area (Å²) in [4.78, 5) is 11.2. The smallest absolute Gasteiger partial charge is 0.466 e. The third-order valence-corrected chi connectivity index (χ3v) is 9.46. The van der Waals surface area contributed by atoms with Gasteiger partial charge in [-0.15, -0.1) is 0 Å². The fraction of sp³-hybridized carbons (Fsp3) is 0.654. The van der Waals surface area contributed by atoms with E-state index in [0.29, 0.717) is 25.7 Å². The van der Waals surface area contributed by atoms with Crippen LogP contribution in [0.2, 0.25) is 6.04 Å². The van der Waals surface area contributed by atoms with Gasteiger partial charge < -0.3 is 18.0 Å². The second-order valence-corrected chi connectivity index (χ2v) is 11.2. The maximum atomic E-state index is 11.2. The lowest BCUT2D eigenvalue weighted by Crippen LogP contribution is -2.45. The molecule has 6 heteroatoms. The Morgan fingerprint density at radius 3 is 2.06 bits per heavy atom. The van der Waals surface area contributed by atoms with Gasteiger partial charge in [0, 0.05) is 31.9 Å². The lowest BCUT2D eigenvalue weighted by atomic mass is 9.77. The molecule has 1 fully saturated rings. The van der Waals surface area contributed by atoms with Crippen LogP contribution in [0.4, 0.5) is 0 Å². The monoisotopic (exact) mass is 462 g/mol. The number of hydrogen-bond acceptors (Lipinski definition) is 5. The second-order valence-electron chi connectivity index (χ2n) is 8.47. The van der Waals surface area contributed by atoms with E-state index in [4.69, 9.17) is 13.3 Å². The molecule has 0 radical (unpaired) electrons. The van der Waals surface area contributed by atoms with Gasteiger partial charge in [-0.2, -0.15) is 0 Å². The van der Waals surface area contributed by atoms with E-state index in [1.807, 2.05) is 20.8 Å². The molecule has 0 saturated heterocycles. The number of ether oxygens (including phenoxy) is 1. The zero-order chi connectivity index (χ0) is 23.2. The summed E-state index contributed by atoms with van der Waals surface area (Å²) in [7, 11) is -1.09. The van der Waals surface area contributed by atoms with Crippen molar-refractivity contribution in [2.75, 3.05) is 26.9 Å². The zero-order valence-corrected chi connectivity index (χ0v) is 21.4. The summed E-state index contributed by atoms with van der Waals surface area (Å²) in [6.45, 7) is 8.01. The highest BCUT2D eigenvalue weighted by atomic mass is 28.4. The fourth-order valence-electron chi connectivity index (χ4n) is 4.67. The highest BCUT2D eigenvalue weighted by molar-refractivity contribution is 6.60. The number of hydrogen-bond donors (Lipinski definition) is 0. The first kappa shape index (κ1) is 26.8.